The van der Waals surface area contributed by atoms with Crippen LogP contribution in [0.5, 0.6) is 5.75 Å². The van der Waals surface area contributed by atoms with Crippen LogP contribution in [-0.2, 0) is 0 Å². The van der Waals surface area contributed by atoms with Crippen LogP contribution in [0.2, 0.25) is 0 Å². The topological polar surface area (TPSA) is 21.3 Å². The van der Waals surface area contributed by atoms with E-state index < -0.39 is 0 Å². The first-order valence-electron chi connectivity index (χ1n) is 6.40. The summed E-state index contributed by atoms with van der Waals surface area (Å²) in [6.45, 7) is 3.99. The second-order valence-corrected chi connectivity index (χ2v) is 4.67. The molecule has 94 valence electrons. The van der Waals surface area contributed by atoms with Crippen molar-refractivity contribution in [3.8, 4) is 5.75 Å². The fraction of sp³-hybridized carbons (Fsp3) is 0.571. The van der Waals surface area contributed by atoms with E-state index in [2.05, 4.69) is 12.2 Å². The second-order valence-electron chi connectivity index (χ2n) is 4.67. The van der Waals surface area contributed by atoms with Crippen molar-refractivity contribution in [1.82, 2.24) is 5.32 Å². The van der Waals surface area contributed by atoms with E-state index in [-0.39, 0.29) is 11.4 Å². The molecule has 0 spiro atoms. The number of rotatable bonds is 6. The SMILES string of the molecule is CCNCCC1(Oc2ccccc2F)CCC1. The maximum absolute atomic E-state index is 13.5. The summed E-state index contributed by atoms with van der Waals surface area (Å²) < 4.78 is 19.4. The van der Waals surface area contributed by atoms with E-state index in [9.17, 15) is 4.39 Å². The lowest BCUT2D eigenvalue weighted by molar-refractivity contribution is -0.0170. The average Bonchev–Trinajstić information content (AvgIpc) is 2.28. The zero-order valence-corrected chi connectivity index (χ0v) is 10.3. The van der Waals surface area contributed by atoms with Crippen LogP contribution in [-0.4, -0.2) is 18.7 Å². The third-order valence-electron chi connectivity index (χ3n) is 3.44. The molecule has 0 aliphatic heterocycles. The van der Waals surface area contributed by atoms with Gasteiger partial charge in [0.2, 0.25) is 0 Å². The van der Waals surface area contributed by atoms with Crippen LogP contribution >= 0.6 is 0 Å². The average molecular weight is 237 g/mol. The third-order valence-corrected chi connectivity index (χ3v) is 3.44. The maximum atomic E-state index is 13.5. The molecule has 0 radical (unpaired) electrons. The molecule has 0 unspecified atom stereocenters. The molecule has 0 heterocycles. The van der Waals surface area contributed by atoms with E-state index in [0.29, 0.717) is 5.75 Å². The van der Waals surface area contributed by atoms with Gasteiger partial charge in [0, 0.05) is 0 Å². The lowest BCUT2D eigenvalue weighted by Crippen LogP contribution is -2.45. The van der Waals surface area contributed by atoms with Crippen LogP contribution in [0.1, 0.15) is 32.6 Å². The fourth-order valence-corrected chi connectivity index (χ4v) is 2.23. The van der Waals surface area contributed by atoms with Crippen LogP contribution in [0, 0.1) is 5.82 Å². The molecule has 2 nitrogen and oxygen atoms in total. The summed E-state index contributed by atoms with van der Waals surface area (Å²) in [6, 6.07) is 6.66. The van der Waals surface area contributed by atoms with E-state index in [4.69, 9.17) is 4.74 Å². The van der Waals surface area contributed by atoms with Gasteiger partial charge < -0.3 is 10.1 Å². The minimum absolute atomic E-state index is 0.135. The minimum Gasteiger partial charge on any atom is -0.484 e. The normalized spacial score (nSPS) is 17.5. The van der Waals surface area contributed by atoms with E-state index in [0.717, 1.165) is 32.4 Å². The summed E-state index contributed by atoms with van der Waals surface area (Å²) in [5.41, 5.74) is -0.135. The van der Waals surface area contributed by atoms with Gasteiger partial charge in [0.05, 0.1) is 0 Å². The number of hydrogen-bond acceptors (Lipinski definition) is 2. The lowest BCUT2D eigenvalue weighted by Gasteiger charge is -2.42. The molecule has 1 aliphatic rings. The highest BCUT2D eigenvalue weighted by atomic mass is 19.1. The zero-order chi connectivity index (χ0) is 12.1. The monoisotopic (exact) mass is 237 g/mol. The Kier molecular flexibility index (Phi) is 4.00. The van der Waals surface area contributed by atoms with Crippen molar-refractivity contribution in [3.63, 3.8) is 0 Å². The number of para-hydroxylation sites is 1. The first-order chi connectivity index (χ1) is 8.26. The molecule has 0 bridgehead atoms. The number of benzene rings is 1. The van der Waals surface area contributed by atoms with Crippen molar-refractivity contribution in [1.29, 1.82) is 0 Å². The molecular formula is C14H20FNO. The Morgan fingerprint density at radius 1 is 1.35 bits per heavy atom. The molecule has 0 atom stereocenters. The fourth-order valence-electron chi connectivity index (χ4n) is 2.23. The Labute approximate surface area is 102 Å². The molecule has 17 heavy (non-hydrogen) atoms. The van der Waals surface area contributed by atoms with Gasteiger partial charge in [-0.15, -0.1) is 0 Å². The van der Waals surface area contributed by atoms with Crippen LogP contribution in [0.3, 0.4) is 0 Å². The molecule has 0 amide bonds. The molecule has 3 heteroatoms. The smallest absolute Gasteiger partial charge is 0.165 e. The quantitative estimate of drug-likeness (QED) is 0.767. The highest BCUT2D eigenvalue weighted by Gasteiger charge is 2.39. The van der Waals surface area contributed by atoms with Gasteiger partial charge in [0.25, 0.3) is 0 Å². The van der Waals surface area contributed by atoms with Gasteiger partial charge in [-0.1, -0.05) is 19.1 Å². The van der Waals surface area contributed by atoms with E-state index in [1.54, 1.807) is 12.1 Å². The van der Waals surface area contributed by atoms with Crippen LogP contribution in [0.15, 0.2) is 24.3 Å². The molecule has 1 aromatic carbocycles. The zero-order valence-electron chi connectivity index (χ0n) is 10.3. The molecule has 2 rings (SSSR count). The third kappa shape index (κ3) is 2.97. The number of hydrogen-bond donors (Lipinski definition) is 1. The van der Waals surface area contributed by atoms with Crippen molar-refractivity contribution in [2.45, 2.75) is 38.2 Å². The Morgan fingerprint density at radius 3 is 2.71 bits per heavy atom. The molecule has 1 aromatic rings. The Bertz CT molecular complexity index is 363. The van der Waals surface area contributed by atoms with E-state index >= 15 is 0 Å². The van der Waals surface area contributed by atoms with Crippen molar-refractivity contribution >= 4 is 0 Å². The number of halogens is 1. The van der Waals surface area contributed by atoms with Gasteiger partial charge in [-0.3, -0.25) is 0 Å². The Hall–Kier alpha value is -1.09. The van der Waals surface area contributed by atoms with Crippen molar-refractivity contribution in [3.05, 3.63) is 30.1 Å². The van der Waals surface area contributed by atoms with E-state index in [1.165, 1.54) is 12.5 Å². The van der Waals surface area contributed by atoms with Crippen LogP contribution < -0.4 is 10.1 Å². The molecule has 1 N–H and O–H groups in total. The predicted octanol–water partition coefficient (Wildman–Crippen LogP) is 3.13. The first kappa shape index (κ1) is 12.4. The van der Waals surface area contributed by atoms with Gasteiger partial charge >= 0.3 is 0 Å². The number of ether oxygens (including phenoxy) is 1. The summed E-state index contributed by atoms with van der Waals surface area (Å²) >= 11 is 0. The van der Waals surface area contributed by atoms with Crippen LogP contribution in [0.25, 0.3) is 0 Å². The molecule has 1 aliphatic carbocycles. The summed E-state index contributed by atoms with van der Waals surface area (Å²) in [4.78, 5) is 0. The maximum Gasteiger partial charge on any atom is 0.165 e. The van der Waals surface area contributed by atoms with Crippen LogP contribution in [0.4, 0.5) is 4.39 Å². The van der Waals surface area contributed by atoms with Gasteiger partial charge in [-0.05, 0) is 50.9 Å². The van der Waals surface area contributed by atoms with Gasteiger partial charge in [-0.25, -0.2) is 4.39 Å². The number of nitrogens with one attached hydrogen (secondary N) is 1. The molecular weight excluding hydrogens is 217 g/mol. The molecule has 0 saturated heterocycles. The summed E-state index contributed by atoms with van der Waals surface area (Å²) in [7, 11) is 0. The minimum atomic E-state index is -0.262. The highest BCUT2D eigenvalue weighted by molar-refractivity contribution is 5.25. The predicted molar refractivity (Wildman–Crippen MR) is 66.8 cm³/mol. The summed E-state index contributed by atoms with van der Waals surface area (Å²) in [5, 5.41) is 3.30. The van der Waals surface area contributed by atoms with Crippen molar-refractivity contribution in [2.24, 2.45) is 0 Å². The highest BCUT2D eigenvalue weighted by Crippen LogP contribution is 2.39. The van der Waals surface area contributed by atoms with E-state index in [1.807, 2.05) is 6.07 Å². The lowest BCUT2D eigenvalue weighted by atomic mass is 9.77. The van der Waals surface area contributed by atoms with Gasteiger partial charge in [0.15, 0.2) is 11.6 Å². The summed E-state index contributed by atoms with van der Waals surface area (Å²) in [5.74, 6) is 0.130. The molecule has 0 aromatic heterocycles. The molecule has 1 saturated carbocycles. The Balaban J connectivity index is 1.97. The largest absolute Gasteiger partial charge is 0.484 e. The Morgan fingerprint density at radius 2 is 2.12 bits per heavy atom. The molecule has 1 fully saturated rings. The standard InChI is InChI=1S/C14H20FNO/c1-2-16-11-10-14(8-5-9-14)17-13-7-4-3-6-12(13)15/h3-4,6-7,16H,2,5,8-11H2,1H3. The van der Waals surface area contributed by atoms with Crippen molar-refractivity contribution in [2.75, 3.05) is 13.1 Å². The summed E-state index contributed by atoms with van der Waals surface area (Å²) in [6.07, 6.45) is 4.20. The second kappa shape index (κ2) is 5.50. The van der Waals surface area contributed by atoms with Crippen molar-refractivity contribution < 1.29 is 9.13 Å². The van der Waals surface area contributed by atoms with Gasteiger partial charge in [-0.2, -0.15) is 0 Å². The first-order valence-corrected chi connectivity index (χ1v) is 6.40. The van der Waals surface area contributed by atoms with Gasteiger partial charge in [0.1, 0.15) is 5.60 Å².